The SMILES string of the molecule is COc1cc(-c2cnc(N)c(-c3ccc(NC(=O)c4cn(CC5(N)CCOCC5)cc(-c5ccc(Br)cn5)c4=O)cc3F)c2)ccc1OCC1COCO1. The Morgan fingerprint density at radius 2 is 1.83 bits per heavy atom. The molecule has 1 amide bonds. The van der Waals surface area contributed by atoms with Crippen molar-refractivity contribution >= 4 is 33.3 Å². The van der Waals surface area contributed by atoms with E-state index in [1.807, 2.05) is 6.07 Å². The van der Waals surface area contributed by atoms with Crippen LogP contribution in [0.5, 0.6) is 11.5 Å². The molecule has 0 saturated carbocycles. The van der Waals surface area contributed by atoms with Gasteiger partial charge in [-0.2, -0.15) is 0 Å². The summed E-state index contributed by atoms with van der Waals surface area (Å²) in [7, 11) is 1.54. The van der Waals surface area contributed by atoms with Gasteiger partial charge in [0.2, 0.25) is 5.43 Å². The lowest BCUT2D eigenvalue weighted by molar-refractivity contribution is 0.0317. The summed E-state index contributed by atoms with van der Waals surface area (Å²) >= 11 is 3.37. The quantitative estimate of drug-likeness (QED) is 0.151. The molecule has 2 aliphatic rings. The lowest BCUT2D eigenvalue weighted by Crippen LogP contribution is -2.48. The Bertz CT molecular complexity index is 2220. The topological polar surface area (TPSA) is 175 Å². The van der Waals surface area contributed by atoms with E-state index in [-0.39, 0.29) is 41.1 Å². The number of benzene rings is 2. The molecular formula is C39H38BrFN6O7. The Balaban J connectivity index is 1.14. The van der Waals surface area contributed by atoms with Crippen LogP contribution >= 0.6 is 15.9 Å². The molecule has 0 bridgehead atoms. The molecule has 1 unspecified atom stereocenters. The van der Waals surface area contributed by atoms with Gasteiger partial charge in [-0.25, -0.2) is 9.37 Å². The minimum atomic E-state index is -0.716. The minimum Gasteiger partial charge on any atom is -0.493 e. The second kappa shape index (κ2) is 16.0. The fourth-order valence-corrected chi connectivity index (χ4v) is 6.61. The lowest BCUT2D eigenvalue weighted by atomic mass is 9.91. The normalized spacial score (nSPS) is 16.6. The van der Waals surface area contributed by atoms with Gasteiger partial charge in [0.15, 0.2) is 11.5 Å². The smallest absolute Gasteiger partial charge is 0.261 e. The molecule has 7 rings (SSSR count). The van der Waals surface area contributed by atoms with E-state index in [2.05, 4.69) is 31.2 Å². The van der Waals surface area contributed by atoms with Gasteiger partial charge in [-0.05, 0) is 82.9 Å². The van der Waals surface area contributed by atoms with Gasteiger partial charge in [-0.3, -0.25) is 14.6 Å². The first-order chi connectivity index (χ1) is 26.1. The summed E-state index contributed by atoms with van der Waals surface area (Å²) < 4.78 is 46.0. The Labute approximate surface area is 318 Å². The van der Waals surface area contributed by atoms with Crippen LogP contribution in [-0.4, -0.2) is 72.4 Å². The lowest BCUT2D eigenvalue weighted by Gasteiger charge is -2.34. The van der Waals surface area contributed by atoms with E-state index >= 15 is 4.39 Å². The van der Waals surface area contributed by atoms with Crippen LogP contribution < -0.4 is 31.7 Å². The summed E-state index contributed by atoms with van der Waals surface area (Å²) in [6.07, 6.45) is 7.35. The maximum absolute atomic E-state index is 15.9. The van der Waals surface area contributed by atoms with Crippen LogP contribution in [0.25, 0.3) is 33.5 Å². The fourth-order valence-electron chi connectivity index (χ4n) is 6.38. The molecule has 2 saturated heterocycles. The summed E-state index contributed by atoms with van der Waals surface area (Å²) in [4.78, 5) is 36.2. The highest BCUT2D eigenvalue weighted by Gasteiger charge is 2.29. The van der Waals surface area contributed by atoms with E-state index in [4.69, 9.17) is 35.2 Å². The molecule has 5 aromatic rings. The summed E-state index contributed by atoms with van der Waals surface area (Å²) in [6.45, 7) is 2.38. The number of carbonyl (C=O) groups excluding carboxylic acids is 1. The Morgan fingerprint density at radius 1 is 1.00 bits per heavy atom. The van der Waals surface area contributed by atoms with E-state index in [1.54, 1.807) is 53.5 Å². The number of halogens is 2. The molecule has 2 aromatic carbocycles. The van der Waals surface area contributed by atoms with Crippen molar-refractivity contribution in [3.8, 4) is 45.0 Å². The van der Waals surface area contributed by atoms with E-state index < -0.39 is 22.7 Å². The number of anilines is 2. The molecule has 1 atom stereocenters. The predicted octanol–water partition coefficient (Wildman–Crippen LogP) is 5.64. The second-order valence-corrected chi connectivity index (χ2v) is 14.1. The van der Waals surface area contributed by atoms with Crippen molar-refractivity contribution in [2.24, 2.45) is 5.73 Å². The predicted molar refractivity (Wildman–Crippen MR) is 204 cm³/mol. The largest absolute Gasteiger partial charge is 0.493 e. The van der Waals surface area contributed by atoms with Crippen LogP contribution in [0.3, 0.4) is 0 Å². The number of aromatic nitrogens is 3. The number of hydrogen-bond acceptors (Lipinski definition) is 11. The molecular weight excluding hydrogens is 763 g/mol. The number of hydrogen-bond donors (Lipinski definition) is 3. The number of nitrogens with one attached hydrogen (secondary N) is 1. The average Bonchev–Trinajstić information content (AvgIpc) is 3.69. The molecule has 15 heteroatoms. The number of pyridine rings is 3. The maximum atomic E-state index is 15.9. The highest BCUT2D eigenvalue weighted by atomic mass is 79.9. The molecule has 2 aliphatic heterocycles. The summed E-state index contributed by atoms with van der Waals surface area (Å²) in [5.74, 6) is -0.240. The Kier molecular flexibility index (Phi) is 11.0. The monoisotopic (exact) mass is 800 g/mol. The van der Waals surface area contributed by atoms with Gasteiger partial charge in [0.1, 0.15) is 36.7 Å². The van der Waals surface area contributed by atoms with Crippen LogP contribution in [0.2, 0.25) is 0 Å². The van der Waals surface area contributed by atoms with Gasteiger partial charge in [-0.1, -0.05) is 6.07 Å². The van der Waals surface area contributed by atoms with Crippen LogP contribution in [0.4, 0.5) is 15.9 Å². The van der Waals surface area contributed by atoms with Crippen LogP contribution in [0.1, 0.15) is 23.2 Å². The van der Waals surface area contributed by atoms with Crippen molar-refractivity contribution in [2.75, 3.05) is 51.4 Å². The molecule has 2 fully saturated rings. The number of amides is 1. The van der Waals surface area contributed by atoms with E-state index in [0.29, 0.717) is 74.1 Å². The highest BCUT2D eigenvalue weighted by molar-refractivity contribution is 9.10. The van der Waals surface area contributed by atoms with E-state index in [1.165, 1.54) is 31.5 Å². The minimum absolute atomic E-state index is 0.112. The Morgan fingerprint density at radius 3 is 2.56 bits per heavy atom. The van der Waals surface area contributed by atoms with Crippen molar-refractivity contribution in [1.82, 2.24) is 14.5 Å². The standard InChI is InChI=1S/C39H38BrFN6O7/c1-50-35-13-23(2-7-34(35)53-20-27-19-52-22-54-27)24-12-29(37(42)45-15-24)28-5-4-26(14-32(28)41)46-38(49)31-18-47(21-39(43)8-10-51-11-9-39)17-30(36(31)48)33-6-3-25(40)16-44-33/h2-7,12-18,27H,8-11,19-22,43H2,1H3,(H2,42,45)(H,46,49). The number of nitrogens with zero attached hydrogens (tertiary/aromatic N) is 3. The third-order valence-corrected chi connectivity index (χ3v) is 9.83. The zero-order valence-corrected chi connectivity index (χ0v) is 30.9. The molecule has 5 heterocycles. The first-order valence-corrected chi connectivity index (χ1v) is 18.0. The molecule has 280 valence electrons. The average molecular weight is 802 g/mol. The Hall–Kier alpha value is -5.19. The maximum Gasteiger partial charge on any atom is 0.261 e. The molecule has 0 aliphatic carbocycles. The van der Waals surface area contributed by atoms with Crippen molar-refractivity contribution < 1.29 is 32.9 Å². The number of nitrogen functional groups attached to an aromatic ring is 1. The third kappa shape index (κ3) is 8.30. The molecule has 0 radical (unpaired) electrons. The first-order valence-electron chi connectivity index (χ1n) is 17.2. The van der Waals surface area contributed by atoms with Gasteiger partial charge in [0.05, 0.1) is 25.0 Å². The van der Waals surface area contributed by atoms with Crippen molar-refractivity contribution in [2.45, 2.75) is 31.0 Å². The van der Waals surface area contributed by atoms with Gasteiger partial charge in [-0.15, -0.1) is 0 Å². The highest BCUT2D eigenvalue weighted by Crippen LogP contribution is 2.36. The van der Waals surface area contributed by atoms with E-state index in [9.17, 15) is 9.59 Å². The molecule has 5 N–H and O–H groups in total. The zero-order chi connectivity index (χ0) is 37.8. The second-order valence-electron chi connectivity index (χ2n) is 13.2. The van der Waals surface area contributed by atoms with Crippen LogP contribution in [0.15, 0.2) is 88.7 Å². The molecule has 54 heavy (non-hydrogen) atoms. The van der Waals surface area contributed by atoms with Crippen LogP contribution in [-0.2, 0) is 20.8 Å². The van der Waals surface area contributed by atoms with Crippen molar-refractivity contribution in [3.63, 3.8) is 0 Å². The van der Waals surface area contributed by atoms with Gasteiger partial charge in [0, 0.05) is 76.9 Å². The van der Waals surface area contributed by atoms with E-state index in [0.717, 1.165) is 10.0 Å². The number of ether oxygens (including phenoxy) is 5. The third-order valence-electron chi connectivity index (χ3n) is 9.36. The molecule has 3 aromatic heterocycles. The number of methoxy groups -OCH3 is 1. The van der Waals surface area contributed by atoms with Crippen LogP contribution in [0, 0.1) is 5.82 Å². The van der Waals surface area contributed by atoms with Gasteiger partial charge < -0.3 is 45.0 Å². The number of rotatable bonds is 11. The first kappa shape index (κ1) is 37.1. The fraction of sp³-hybridized carbons (Fsp3) is 0.282. The van der Waals surface area contributed by atoms with Crippen molar-refractivity contribution in [3.05, 3.63) is 105 Å². The van der Waals surface area contributed by atoms with Crippen molar-refractivity contribution in [1.29, 1.82) is 0 Å². The molecule has 0 spiro atoms. The summed E-state index contributed by atoms with van der Waals surface area (Å²) in [6, 6.07) is 14.8. The summed E-state index contributed by atoms with van der Waals surface area (Å²) in [5.41, 5.74) is 14.3. The number of nitrogens with two attached hydrogens (primary N) is 2. The molecule has 13 nitrogen and oxygen atoms in total. The zero-order valence-electron chi connectivity index (χ0n) is 29.3. The number of carbonyl (C=O) groups is 1. The van der Waals surface area contributed by atoms with Gasteiger partial charge >= 0.3 is 0 Å². The van der Waals surface area contributed by atoms with Gasteiger partial charge in [0.25, 0.3) is 5.91 Å². The summed E-state index contributed by atoms with van der Waals surface area (Å²) in [5, 5.41) is 2.69.